The minimum atomic E-state index is -3.89. The highest BCUT2D eigenvalue weighted by atomic mass is 35.5. The molecule has 10 heteroatoms. The Bertz CT molecular complexity index is 1020. The summed E-state index contributed by atoms with van der Waals surface area (Å²) in [7, 11) is -7.69. The van der Waals surface area contributed by atoms with Crippen LogP contribution in [0.4, 0.5) is 0 Å². The van der Waals surface area contributed by atoms with E-state index in [2.05, 4.69) is 5.09 Å². The molecule has 1 saturated heterocycles. The first kappa shape index (κ1) is 26.6. The van der Waals surface area contributed by atoms with Gasteiger partial charge in [-0.2, -0.15) is 0 Å². The van der Waals surface area contributed by atoms with Crippen LogP contribution in [0, 0.1) is 12.3 Å². The number of rotatable bonds is 9. The van der Waals surface area contributed by atoms with Crippen LogP contribution in [0.3, 0.4) is 0 Å². The average Bonchev–Trinajstić information content (AvgIpc) is 2.76. The van der Waals surface area contributed by atoms with Gasteiger partial charge in [-0.3, -0.25) is 18.1 Å². The molecule has 2 aromatic carbocycles. The van der Waals surface area contributed by atoms with E-state index in [4.69, 9.17) is 29.7 Å². The maximum Gasteiger partial charge on any atom is 0.406 e. The highest BCUT2D eigenvalue weighted by Crippen LogP contribution is 2.69. The summed E-state index contributed by atoms with van der Waals surface area (Å²) in [6, 6.07) is 14.6. The van der Waals surface area contributed by atoms with E-state index in [0.29, 0.717) is 10.6 Å². The Kier molecular flexibility index (Phi) is 8.64. The fraction of sp³-hybridized carbons (Fsp3) is 0.478. The van der Waals surface area contributed by atoms with E-state index in [-0.39, 0.29) is 19.8 Å². The van der Waals surface area contributed by atoms with Crippen molar-refractivity contribution in [1.29, 1.82) is 0 Å². The van der Waals surface area contributed by atoms with Crippen molar-refractivity contribution >= 4 is 26.9 Å². The molecule has 0 amide bonds. The second-order valence-corrected chi connectivity index (χ2v) is 12.9. The largest absolute Gasteiger partial charge is 0.406 e. The molecule has 0 aromatic heterocycles. The van der Waals surface area contributed by atoms with Crippen LogP contribution in [0.25, 0.3) is 0 Å². The number of hydrogen-bond donors (Lipinski definition) is 1. The lowest BCUT2D eigenvalue weighted by Crippen LogP contribution is -2.36. The van der Waals surface area contributed by atoms with Crippen molar-refractivity contribution in [2.24, 2.45) is 5.41 Å². The van der Waals surface area contributed by atoms with Gasteiger partial charge in [0.1, 0.15) is 5.78 Å². The first-order chi connectivity index (χ1) is 15.5. The summed E-state index contributed by atoms with van der Waals surface area (Å²) in [6.45, 7) is 9.81. The predicted molar refractivity (Wildman–Crippen MR) is 131 cm³/mol. The van der Waals surface area contributed by atoms with E-state index >= 15 is 0 Å². The maximum absolute atomic E-state index is 14.3. The molecule has 0 saturated carbocycles. The van der Waals surface area contributed by atoms with Gasteiger partial charge in [-0.05, 0) is 44.0 Å². The SMILES string of the molecule is CCOP(=O)(NC(c1ccc(C)cc1)P1(=O)OCC(C)(C)C(c2ccc(Cl)cc2)O1)OCC. The normalized spacial score (nSPS) is 23.9. The first-order valence-electron chi connectivity index (χ1n) is 10.9. The lowest BCUT2D eigenvalue weighted by Gasteiger charge is -2.44. The zero-order valence-corrected chi connectivity index (χ0v) is 22.2. The Labute approximate surface area is 201 Å². The van der Waals surface area contributed by atoms with Crippen LogP contribution in [-0.4, -0.2) is 19.8 Å². The summed E-state index contributed by atoms with van der Waals surface area (Å²) in [5.74, 6) is -1.06. The molecule has 1 aliphatic rings. The van der Waals surface area contributed by atoms with E-state index in [1.807, 2.05) is 45.0 Å². The second-order valence-electron chi connectivity index (χ2n) is 8.61. The minimum absolute atomic E-state index is 0.150. The van der Waals surface area contributed by atoms with Crippen molar-refractivity contribution in [1.82, 2.24) is 5.09 Å². The van der Waals surface area contributed by atoms with Gasteiger partial charge in [0.25, 0.3) is 0 Å². The Morgan fingerprint density at radius 1 is 1.12 bits per heavy atom. The molecule has 0 aliphatic carbocycles. The van der Waals surface area contributed by atoms with Crippen molar-refractivity contribution < 1.29 is 27.2 Å². The molecule has 1 fully saturated rings. The second kappa shape index (κ2) is 10.7. The van der Waals surface area contributed by atoms with E-state index in [0.717, 1.165) is 11.1 Å². The number of halogens is 1. The quantitative estimate of drug-likeness (QED) is 0.348. The lowest BCUT2D eigenvalue weighted by molar-refractivity contribution is -0.0301. The number of hydrogen-bond acceptors (Lipinski definition) is 6. The van der Waals surface area contributed by atoms with Crippen LogP contribution in [0.5, 0.6) is 0 Å². The molecule has 2 aromatic rings. The highest BCUT2D eigenvalue weighted by molar-refractivity contribution is 7.57. The number of aryl methyl sites for hydroxylation is 1. The van der Waals surface area contributed by atoms with Crippen molar-refractivity contribution in [3.63, 3.8) is 0 Å². The van der Waals surface area contributed by atoms with Gasteiger partial charge in [0.2, 0.25) is 0 Å². The molecule has 3 atom stereocenters. The zero-order chi connectivity index (χ0) is 24.3. The third-order valence-electron chi connectivity index (χ3n) is 5.34. The molecule has 1 heterocycles. The fourth-order valence-electron chi connectivity index (χ4n) is 3.62. The Morgan fingerprint density at radius 2 is 1.70 bits per heavy atom. The van der Waals surface area contributed by atoms with Gasteiger partial charge in [-0.1, -0.05) is 67.4 Å². The van der Waals surface area contributed by atoms with Crippen LogP contribution in [0.2, 0.25) is 5.02 Å². The summed E-state index contributed by atoms with van der Waals surface area (Å²) in [6.07, 6.45) is -0.539. The van der Waals surface area contributed by atoms with Gasteiger partial charge in [-0.25, -0.2) is 9.65 Å². The lowest BCUT2D eigenvalue weighted by atomic mass is 9.83. The van der Waals surface area contributed by atoms with Gasteiger partial charge >= 0.3 is 15.3 Å². The van der Waals surface area contributed by atoms with E-state index in [1.165, 1.54) is 0 Å². The summed E-state index contributed by atoms with van der Waals surface area (Å²) in [5, 5.41) is 3.46. The monoisotopic (exact) mass is 515 g/mol. The average molecular weight is 516 g/mol. The van der Waals surface area contributed by atoms with Crippen molar-refractivity contribution in [3.05, 3.63) is 70.2 Å². The summed E-state index contributed by atoms with van der Waals surface area (Å²) in [4.78, 5) is 0. The Hall–Kier alpha value is -1.01. The van der Waals surface area contributed by atoms with E-state index in [9.17, 15) is 9.13 Å². The summed E-state index contributed by atoms with van der Waals surface area (Å²) >= 11 is 6.06. The van der Waals surface area contributed by atoms with Crippen LogP contribution >= 0.6 is 26.9 Å². The van der Waals surface area contributed by atoms with Crippen LogP contribution in [-0.2, 0) is 27.2 Å². The molecule has 33 heavy (non-hydrogen) atoms. The molecule has 1 aliphatic heterocycles. The maximum atomic E-state index is 14.3. The zero-order valence-electron chi connectivity index (χ0n) is 19.6. The van der Waals surface area contributed by atoms with Gasteiger partial charge in [0, 0.05) is 10.4 Å². The summed E-state index contributed by atoms with van der Waals surface area (Å²) < 4.78 is 50.7. The van der Waals surface area contributed by atoms with Gasteiger partial charge < -0.3 is 4.52 Å². The molecule has 182 valence electrons. The fourth-order valence-corrected chi connectivity index (χ4v) is 8.17. The van der Waals surface area contributed by atoms with Gasteiger partial charge in [0.05, 0.1) is 25.9 Å². The van der Waals surface area contributed by atoms with Crippen molar-refractivity contribution in [3.8, 4) is 0 Å². The van der Waals surface area contributed by atoms with Gasteiger partial charge in [0.15, 0.2) is 0 Å². The molecular weight excluding hydrogens is 484 g/mol. The molecule has 3 rings (SSSR count). The Balaban J connectivity index is 2.04. The van der Waals surface area contributed by atoms with Crippen molar-refractivity contribution in [2.45, 2.75) is 46.5 Å². The molecule has 0 bridgehead atoms. The van der Waals surface area contributed by atoms with Crippen molar-refractivity contribution in [2.75, 3.05) is 19.8 Å². The molecule has 0 radical (unpaired) electrons. The predicted octanol–water partition coefficient (Wildman–Crippen LogP) is 7.43. The number of benzene rings is 2. The van der Waals surface area contributed by atoms with Crippen LogP contribution in [0.15, 0.2) is 48.5 Å². The molecule has 3 unspecified atom stereocenters. The molecule has 0 spiro atoms. The van der Waals surface area contributed by atoms with E-state index < -0.39 is 32.6 Å². The van der Waals surface area contributed by atoms with Crippen LogP contribution < -0.4 is 5.09 Å². The third kappa shape index (κ3) is 6.36. The molecular formula is C23H32ClNO6P2. The highest BCUT2D eigenvalue weighted by Gasteiger charge is 2.51. The Morgan fingerprint density at radius 3 is 2.24 bits per heavy atom. The number of nitrogens with one attached hydrogen (secondary N) is 1. The smallest absolute Gasteiger partial charge is 0.307 e. The van der Waals surface area contributed by atoms with E-state index in [1.54, 1.807) is 38.1 Å². The van der Waals surface area contributed by atoms with Gasteiger partial charge in [-0.15, -0.1) is 0 Å². The minimum Gasteiger partial charge on any atom is -0.307 e. The molecule has 7 nitrogen and oxygen atoms in total. The van der Waals surface area contributed by atoms with Crippen LogP contribution in [0.1, 0.15) is 56.3 Å². The topological polar surface area (TPSA) is 83.1 Å². The molecule has 1 N–H and O–H groups in total. The first-order valence-corrected chi connectivity index (χ1v) is 14.5. The third-order valence-corrected chi connectivity index (χ3v) is 9.62. The standard InChI is InChI=1S/C23H32ClNO6P2/c1-6-28-33(27,29-7-2)25-22(19-10-8-17(3)9-11-19)32(26)30-16-23(4,5)21(31-32)18-12-14-20(24)15-13-18/h8-15,21-22H,6-7,16H2,1-5H3,(H,25,27). The summed E-state index contributed by atoms with van der Waals surface area (Å²) in [5.41, 5.74) is 1.98.